The van der Waals surface area contributed by atoms with Crippen molar-refractivity contribution in [3.8, 4) is 0 Å². The molecule has 2 saturated heterocycles. The predicted octanol–water partition coefficient (Wildman–Crippen LogP) is 2.70. The van der Waals surface area contributed by atoms with Gasteiger partial charge in [-0.15, -0.1) is 0 Å². The zero-order chi connectivity index (χ0) is 23.5. The number of carbonyl (C=O) groups excluding carboxylic acids is 3. The van der Waals surface area contributed by atoms with Gasteiger partial charge in [-0.25, -0.2) is 18.4 Å². The van der Waals surface area contributed by atoms with Crippen LogP contribution in [0.3, 0.4) is 0 Å². The zero-order valence-corrected chi connectivity index (χ0v) is 19.1. The van der Waals surface area contributed by atoms with Crippen LogP contribution in [-0.4, -0.2) is 85.8 Å². The molecular formula is C22H34F2N2O6. The van der Waals surface area contributed by atoms with Gasteiger partial charge in [-0.3, -0.25) is 14.6 Å². The van der Waals surface area contributed by atoms with Crippen LogP contribution < -0.4 is 0 Å². The Balaban J connectivity index is 1.66. The fraction of sp³-hybridized carbons (Fsp3) is 0.864. The van der Waals surface area contributed by atoms with Gasteiger partial charge in [0.1, 0.15) is 12.1 Å². The minimum atomic E-state index is -2.91. The molecular weight excluding hydrogens is 426 g/mol. The highest BCUT2D eigenvalue weighted by Gasteiger charge is 2.50. The van der Waals surface area contributed by atoms with Crippen molar-refractivity contribution in [3.05, 3.63) is 0 Å². The molecule has 3 aliphatic rings. The lowest BCUT2D eigenvalue weighted by Gasteiger charge is -2.46. The molecule has 0 spiro atoms. The number of esters is 2. The molecule has 4 unspecified atom stereocenters. The maximum atomic E-state index is 14.1. The summed E-state index contributed by atoms with van der Waals surface area (Å²) in [5.41, 5.74) is 0. The third-order valence-corrected chi connectivity index (χ3v) is 6.97. The average molecular weight is 461 g/mol. The van der Waals surface area contributed by atoms with Gasteiger partial charge in [-0.05, 0) is 57.3 Å². The van der Waals surface area contributed by atoms with Gasteiger partial charge in [0.15, 0.2) is 0 Å². The van der Waals surface area contributed by atoms with Crippen LogP contribution in [0, 0.1) is 17.8 Å². The van der Waals surface area contributed by atoms with Crippen molar-refractivity contribution in [2.75, 3.05) is 40.0 Å². The molecule has 182 valence electrons. The number of fused-ring (bicyclic) bond motifs is 1. The normalized spacial score (nSPS) is 32.2. The molecule has 1 saturated carbocycles. The minimum absolute atomic E-state index is 0.134. The Morgan fingerprint density at radius 2 is 1.62 bits per heavy atom. The Morgan fingerprint density at radius 3 is 2.25 bits per heavy atom. The van der Waals surface area contributed by atoms with Gasteiger partial charge in [-0.2, -0.15) is 0 Å². The molecule has 0 aromatic carbocycles. The van der Waals surface area contributed by atoms with Crippen LogP contribution in [0.1, 0.15) is 46.0 Å². The molecule has 5 atom stereocenters. The van der Waals surface area contributed by atoms with Crippen molar-refractivity contribution in [1.29, 1.82) is 0 Å². The van der Waals surface area contributed by atoms with Crippen molar-refractivity contribution in [2.45, 2.75) is 64.0 Å². The van der Waals surface area contributed by atoms with E-state index in [1.807, 2.05) is 0 Å². The summed E-state index contributed by atoms with van der Waals surface area (Å²) in [6.45, 7) is 4.13. The van der Waals surface area contributed by atoms with Crippen molar-refractivity contribution in [3.63, 3.8) is 0 Å². The Bertz CT molecular complexity index is 706. The van der Waals surface area contributed by atoms with Gasteiger partial charge >= 0.3 is 18.0 Å². The summed E-state index contributed by atoms with van der Waals surface area (Å²) in [6, 6.07) is -1.62. The fourth-order valence-corrected chi connectivity index (χ4v) is 5.57. The van der Waals surface area contributed by atoms with Gasteiger partial charge in [-0.1, -0.05) is 0 Å². The molecule has 0 bridgehead atoms. The predicted molar refractivity (Wildman–Crippen MR) is 110 cm³/mol. The molecule has 0 radical (unpaired) electrons. The molecule has 0 aromatic heterocycles. The monoisotopic (exact) mass is 460 g/mol. The van der Waals surface area contributed by atoms with Crippen LogP contribution in [0.2, 0.25) is 0 Å². The van der Waals surface area contributed by atoms with Gasteiger partial charge < -0.3 is 14.2 Å². The Hall–Kier alpha value is -1.97. The topological polar surface area (TPSA) is 85.4 Å². The number of ether oxygens (including phenoxy) is 3. The molecule has 3 fully saturated rings. The SMILES string of the molecule is CCOC(=O)C1CC2CC(CN3CC(F)(F)C[C@H]3C(=O)OCC)CCC2CN1C(=O)OC. The standard InChI is InChI=1S/C22H34F2N2O6/c1-4-31-19(27)17-9-16-8-14(6-7-15(16)12-26(17)21(29)30-3)11-25-13-22(23,24)10-18(25)20(28)32-5-2/h14-18H,4-13H2,1-3H3/t14?,15?,16?,17?,18-/m0/s1. The molecule has 8 nitrogen and oxygen atoms in total. The second-order valence-electron chi connectivity index (χ2n) is 9.08. The molecule has 32 heavy (non-hydrogen) atoms. The smallest absolute Gasteiger partial charge is 0.410 e. The zero-order valence-electron chi connectivity index (χ0n) is 19.1. The first-order valence-corrected chi connectivity index (χ1v) is 11.5. The minimum Gasteiger partial charge on any atom is -0.465 e. The lowest BCUT2D eigenvalue weighted by molar-refractivity contribution is -0.153. The fourth-order valence-electron chi connectivity index (χ4n) is 5.57. The molecule has 1 amide bonds. The summed E-state index contributed by atoms with van der Waals surface area (Å²) in [5.74, 6) is -3.41. The van der Waals surface area contributed by atoms with Crippen molar-refractivity contribution >= 4 is 18.0 Å². The highest BCUT2D eigenvalue weighted by molar-refractivity contribution is 5.81. The van der Waals surface area contributed by atoms with Crippen LogP contribution in [0.5, 0.6) is 0 Å². The van der Waals surface area contributed by atoms with Gasteiger partial charge in [0.05, 0.1) is 26.9 Å². The third kappa shape index (κ3) is 5.50. The number of amides is 1. The second-order valence-corrected chi connectivity index (χ2v) is 9.08. The number of alkyl halides is 2. The van der Waals surface area contributed by atoms with E-state index in [1.54, 1.807) is 18.7 Å². The Labute approximate surface area is 187 Å². The van der Waals surface area contributed by atoms with E-state index in [1.165, 1.54) is 12.0 Å². The first-order chi connectivity index (χ1) is 15.2. The van der Waals surface area contributed by atoms with E-state index >= 15 is 0 Å². The maximum absolute atomic E-state index is 14.1. The number of nitrogens with zero attached hydrogens (tertiary/aromatic N) is 2. The Kier molecular flexibility index (Phi) is 7.95. The van der Waals surface area contributed by atoms with Crippen LogP contribution in [0.25, 0.3) is 0 Å². The third-order valence-electron chi connectivity index (χ3n) is 6.97. The molecule has 2 aliphatic heterocycles. The average Bonchev–Trinajstić information content (AvgIpc) is 3.06. The number of hydrogen-bond acceptors (Lipinski definition) is 7. The first kappa shape index (κ1) is 24.7. The van der Waals surface area contributed by atoms with E-state index in [4.69, 9.17) is 14.2 Å². The number of piperidine rings is 1. The lowest BCUT2D eigenvalue weighted by atomic mass is 9.69. The summed E-state index contributed by atoms with van der Waals surface area (Å²) >= 11 is 0. The summed E-state index contributed by atoms with van der Waals surface area (Å²) in [4.78, 5) is 40.0. The van der Waals surface area contributed by atoms with Crippen molar-refractivity contribution in [1.82, 2.24) is 9.80 Å². The highest BCUT2D eigenvalue weighted by Crippen LogP contribution is 2.43. The highest BCUT2D eigenvalue weighted by atomic mass is 19.3. The number of hydrogen-bond donors (Lipinski definition) is 0. The number of likely N-dealkylation sites (tertiary alicyclic amines) is 2. The lowest BCUT2D eigenvalue weighted by Crippen LogP contribution is -2.55. The van der Waals surface area contributed by atoms with E-state index in [0.717, 1.165) is 19.3 Å². The maximum Gasteiger partial charge on any atom is 0.410 e. The van der Waals surface area contributed by atoms with Crippen LogP contribution in [-0.2, 0) is 23.8 Å². The summed E-state index contributed by atoms with van der Waals surface area (Å²) in [7, 11) is 1.29. The summed E-state index contributed by atoms with van der Waals surface area (Å²) in [6.07, 6.45) is 1.81. The van der Waals surface area contributed by atoms with Crippen molar-refractivity contribution in [2.24, 2.45) is 17.8 Å². The number of rotatable bonds is 6. The van der Waals surface area contributed by atoms with E-state index in [-0.39, 0.29) is 31.0 Å². The molecule has 0 aromatic rings. The van der Waals surface area contributed by atoms with Gasteiger partial charge in [0.25, 0.3) is 5.92 Å². The van der Waals surface area contributed by atoms with E-state index in [9.17, 15) is 23.2 Å². The van der Waals surface area contributed by atoms with E-state index < -0.39 is 49.0 Å². The first-order valence-electron chi connectivity index (χ1n) is 11.5. The molecule has 0 N–H and O–H groups in total. The van der Waals surface area contributed by atoms with E-state index in [2.05, 4.69) is 0 Å². The van der Waals surface area contributed by atoms with Crippen molar-refractivity contribution < 1.29 is 37.4 Å². The largest absolute Gasteiger partial charge is 0.465 e. The summed E-state index contributed by atoms with van der Waals surface area (Å²) in [5, 5.41) is 0. The molecule has 2 heterocycles. The number of halogens is 2. The Morgan fingerprint density at radius 1 is 0.969 bits per heavy atom. The second kappa shape index (κ2) is 10.3. The number of carbonyl (C=O) groups is 3. The summed E-state index contributed by atoms with van der Waals surface area (Å²) < 4.78 is 43.2. The van der Waals surface area contributed by atoms with Crippen LogP contribution in [0.15, 0.2) is 0 Å². The van der Waals surface area contributed by atoms with Gasteiger partial charge in [0, 0.05) is 19.5 Å². The quantitative estimate of drug-likeness (QED) is 0.445. The molecule has 3 rings (SSSR count). The number of methoxy groups -OCH3 is 1. The van der Waals surface area contributed by atoms with Crippen LogP contribution in [0.4, 0.5) is 13.6 Å². The van der Waals surface area contributed by atoms with Gasteiger partial charge in [0.2, 0.25) is 0 Å². The van der Waals surface area contributed by atoms with E-state index in [0.29, 0.717) is 19.5 Å². The molecule has 10 heteroatoms. The molecule has 1 aliphatic carbocycles. The van der Waals surface area contributed by atoms with Crippen LogP contribution >= 0.6 is 0 Å².